The van der Waals surface area contributed by atoms with Crippen LogP contribution in [0.3, 0.4) is 0 Å². The van der Waals surface area contributed by atoms with Crippen LogP contribution in [0.4, 0.5) is 13.2 Å². The van der Waals surface area contributed by atoms with Crippen molar-refractivity contribution >= 4 is 23.2 Å². The Balaban J connectivity index is 1.61. The number of piperidine rings is 1. The molecule has 2 nitrogen and oxygen atoms in total. The first kappa shape index (κ1) is 24.1. The molecule has 0 unspecified atom stereocenters. The van der Waals surface area contributed by atoms with E-state index in [4.69, 9.17) is 27.9 Å². The maximum Gasteiger partial charge on any atom is 0.416 e. The molecule has 4 rings (SSSR count). The van der Waals surface area contributed by atoms with Crippen LogP contribution < -0.4 is 5.32 Å². The Kier molecular flexibility index (Phi) is 7.34. The van der Waals surface area contributed by atoms with Crippen LogP contribution in [-0.2, 0) is 22.9 Å². The van der Waals surface area contributed by atoms with Crippen molar-refractivity contribution in [2.24, 2.45) is 0 Å². The highest BCUT2D eigenvalue weighted by Gasteiger charge is 2.35. The quantitative estimate of drug-likeness (QED) is 0.383. The van der Waals surface area contributed by atoms with Crippen LogP contribution >= 0.6 is 23.2 Å². The third-order valence-corrected chi connectivity index (χ3v) is 6.80. The summed E-state index contributed by atoms with van der Waals surface area (Å²) in [6.07, 6.45) is -2.70. The summed E-state index contributed by atoms with van der Waals surface area (Å²) in [4.78, 5) is 0. The molecule has 0 aromatic heterocycles. The van der Waals surface area contributed by atoms with Gasteiger partial charge in [-0.3, -0.25) is 0 Å². The molecular formula is C26H24Cl2F3NO. The molecule has 1 saturated heterocycles. The van der Waals surface area contributed by atoms with Crippen molar-refractivity contribution in [1.29, 1.82) is 0 Å². The first-order valence-corrected chi connectivity index (χ1v) is 11.5. The minimum atomic E-state index is -4.50. The van der Waals surface area contributed by atoms with E-state index in [1.165, 1.54) is 5.56 Å². The van der Waals surface area contributed by atoms with Gasteiger partial charge in [-0.25, -0.2) is 0 Å². The van der Waals surface area contributed by atoms with Crippen molar-refractivity contribution in [1.82, 2.24) is 5.32 Å². The van der Waals surface area contributed by atoms with Crippen LogP contribution in [0.15, 0.2) is 66.7 Å². The van der Waals surface area contributed by atoms with Gasteiger partial charge < -0.3 is 10.1 Å². The molecule has 3 aromatic carbocycles. The number of rotatable bonds is 6. The number of nitrogens with one attached hydrogen (secondary N) is 1. The second-order valence-electron chi connectivity index (χ2n) is 8.40. The van der Waals surface area contributed by atoms with Crippen molar-refractivity contribution in [3.8, 4) is 11.1 Å². The van der Waals surface area contributed by atoms with Crippen LogP contribution in [0.25, 0.3) is 11.1 Å². The Hall–Kier alpha value is -2.05. The van der Waals surface area contributed by atoms with Crippen molar-refractivity contribution < 1.29 is 17.9 Å². The highest BCUT2D eigenvalue weighted by molar-refractivity contribution is 6.39. The van der Waals surface area contributed by atoms with E-state index in [0.717, 1.165) is 38.1 Å². The highest BCUT2D eigenvalue weighted by Crippen LogP contribution is 2.39. The number of alkyl halides is 3. The zero-order valence-electron chi connectivity index (χ0n) is 17.9. The van der Waals surface area contributed by atoms with Gasteiger partial charge in [0.15, 0.2) is 0 Å². The average molecular weight is 494 g/mol. The van der Waals surface area contributed by atoms with Gasteiger partial charge in [0, 0.05) is 21.0 Å². The third-order valence-electron chi connectivity index (χ3n) is 6.17. The second kappa shape index (κ2) is 10.1. The van der Waals surface area contributed by atoms with Crippen molar-refractivity contribution in [3.63, 3.8) is 0 Å². The number of hydrogen-bond donors (Lipinski definition) is 1. The lowest BCUT2D eigenvalue weighted by Gasteiger charge is -2.38. The molecule has 33 heavy (non-hydrogen) atoms. The average Bonchev–Trinajstić information content (AvgIpc) is 2.79. The molecule has 0 saturated carbocycles. The molecular weight excluding hydrogens is 470 g/mol. The van der Waals surface area contributed by atoms with Crippen LogP contribution in [-0.4, -0.2) is 19.7 Å². The lowest BCUT2D eigenvalue weighted by Crippen LogP contribution is -2.43. The highest BCUT2D eigenvalue weighted by atomic mass is 35.5. The van der Waals surface area contributed by atoms with Crippen molar-refractivity contribution in [2.75, 3.05) is 19.7 Å². The maximum atomic E-state index is 13.6. The van der Waals surface area contributed by atoms with Crippen molar-refractivity contribution in [3.05, 3.63) is 93.5 Å². The molecule has 0 bridgehead atoms. The van der Waals surface area contributed by atoms with Crippen LogP contribution in [0.2, 0.25) is 10.0 Å². The van der Waals surface area contributed by atoms with Crippen molar-refractivity contribution in [2.45, 2.75) is 31.0 Å². The van der Waals surface area contributed by atoms with E-state index < -0.39 is 11.7 Å². The van der Waals surface area contributed by atoms with E-state index in [-0.39, 0.29) is 12.0 Å². The molecule has 0 aliphatic carbocycles. The first-order valence-electron chi connectivity index (χ1n) is 10.8. The number of halogens is 5. The molecule has 7 heteroatoms. The summed E-state index contributed by atoms with van der Waals surface area (Å²) >= 11 is 12.5. The van der Waals surface area contributed by atoms with Gasteiger partial charge in [-0.2, -0.15) is 13.2 Å². The molecule has 1 N–H and O–H groups in total. The lowest BCUT2D eigenvalue weighted by atomic mass is 9.74. The topological polar surface area (TPSA) is 21.3 Å². The van der Waals surface area contributed by atoms with E-state index in [9.17, 15) is 13.2 Å². The Morgan fingerprint density at radius 2 is 1.55 bits per heavy atom. The maximum absolute atomic E-state index is 13.6. The minimum Gasteiger partial charge on any atom is -0.376 e. The van der Waals surface area contributed by atoms with Gasteiger partial charge in [-0.05, 0) is 73.0 Å². The summed E-state index contributed by atoms with van der Waals surface area (Å²) in [5.41, 5.74) is 1.40. The summed E-state index contributed by atoms with van der Waals surface area (Å²) in [5, 5.41) is 3.97. The van der Waals surface area contributed by atoms with E-state index in [1.807, 2.05) is 18.2 Å². The summed E-state index contributed by atoms with van der Waals surface area (Å²) in [5.74, 6) is 0. The fraction of sp³-hybridized carbons (Fsp3) is 0.308. The van der Waals surface area contributed by atoms with E-state index in [0.29, 0.717) is 33.3 Å². The summed E-state index contributed by atoms with van der Waals surface area (Å²) in [6.45, 7) is 2.23. The number of benzene rings is 3. The van der Waals surface area contributed by atoms with Gasteiger partial charge in [0.1, 0.15) is 0 Å². The predicted octanol–water partition coefficient (Wildman–Crippen LogP) is 7.52. The number of ether oxygens (including phenoxy) is 1. The molecule has 1 aliphatic heterocycles. The standard InChI is InChI=1S/C26H24Cl2F3NO/c27-22-7-4-8-23(28)24(22)19-13-18(14-21(15-19)26(29,30)31)16-33-17-25(9-11-32-12-10-25)20-5-2-1-3-6-20/h1-8,13-15,32H,9-12,16-17H2. The molecule has 1 aliphatic rings. The van der Waals surface area contributed by atoms with Gasteiger partial charge in [0.2, 0.25) is 0 Å². The SMILES string of the molecule is FC(F)(F)c1cc(COCC2(c3ccccc3)CCNCC2)cc(-c2c(Cl)cccc2Cl)c1. The zero-order valence-corrected chi connectivity index (χ0v) is 19.4. The lowest BCUT2D eigenvalue weighted by molar-refractivity contribution is -0.137. The van der Waals surface area contributed by atoms with Gasteiger partial charge in [-0.15, -0.1) is 0 Å². The summed E-state index contributed by atoms with van der Waals surface area (Å²) in [7, 11) is 0. The molecule has 3 aromatic rings. The summed E-state index contributed by atoms with van der Waals surface area (Å²) < 4.78 is 47.0. The Morgan fingerprint density at radius 1 is 0.879 bits per heavy atom. The molecule has 1 heterocycles. The fourth-order valence-electron chi connectivity index (χ4n) is 4.43. The Bertz CT molecular complexity index is 1080. The third kappa shape index (κ3) is 5.55. The largest absolute Gasteiger partial charge is 0.416 e. The number of hydrogen-bond acceptors (Lipinski definition) is 2. The van der Waals surface area contributed by atoms with Crippen LogP contribution in [0.1, 0.15) is 29.5 Å². The fourth-order valence-corrected chi connectivity index (χ4v) is 5.05. The molecule has 0 amide bonds. The monoisotopic (exact) mass is 493 g/mol. The smallest absolute Gasteiger partial charge is 0.376 e. The van der Waals surface area contributed by atoms with Crippen LogP contribution in [0.5, 0.6) is 0 Å². The van der Waals surface area contributed by atoms with E-state index >= 15 is 0 Å². The minimum absolute atomic E-state index is 0.0566. The zero-order chi connectivity index (χ0) is 23.5. The second-order valence-corrected chi connectivity index (χ2v) is 9.22. The van der Waals surface area contributed by atoms with Gasteiger partial charge in [0.25, 0.3) is 0 Å². The van der Waals surface area contributed by atoms with Gasteiger partial charge in [0.05, 0.1) is 18.8 Å². The molecule has 1 fully saturated rings. The van der Waals surface area contributed by atoms with E-state index in [1.54, 1.807) is 24.3 Å². The molecule has 0 radical (unpaired) electrons. The normalized spacial score (nSPS) is 16.0. The van der Waals surface area contributed by atoms with Gasteiger partial charge in [-0.1, -0.05) is 59.6 Å². The Morgan fingerprint density at radius 3 is 2.18 bits per heavy atom. The predicted molar refractivity (Wildman–Crippen MR) is 127 cm³/mol. The van der Waals surface area contributed by atoms with Crippen LogP contribution in [0, 0.1) is 0 Å². The first-order chi connectivity index (χ1) is 15.8. The van der Waals surface area contributed by atoms with E-state index in [2.05, 4.69) is 17.4 Å². The van der Waals surface area contributed by atoms with Gasteiger partial charge >= 0.3 is 6.18 Å². The molecule has 174 valence electrons. The molecule has 0 spiro atoms. The Labute approximate surface area is 201 Å². The molecule has 0 atom stereocenters. The summed E-state index contributed by atoms with van der Waals surface area (Å²) in [6, 6.07) is 18.9.